The quantitative estimate of drug-likeness (QED) is 0.818. The Morgan fingerprint density at radius 1 is 1.32 bits per heavy atom. The second-order valence-electron chi connectivity index (χ2n) is 4.95. The van der Waals surface area contributed by atoms with Crippen LogP contribution in [-0.4, -0.2) is 46.7 Å². The van der Waals surface area contributed by atoms with Crippen LogP contribution in [0, 0.1) is 0 Å². The number of hydrogen-bond acceptors (Lipinski definition) is 4. The van der Waals surface area contributed by atoms with Crippen LogP contribution in [0.1, 0.15) is 24.6 Å². The largest absolute Gasteiger partial charge is 0.286 e. The molecule has 6 nitrogen and oxygen atoms in total. The van der Waals surface area contributed by atoms with Crippen LogP contribution in [-0.2, 0) is 10.0 Å². The van der Waals surface area contributed by atoms with E-state index < -0.39 is 10.0 Å². The van der Waals surface area contributed by atoms with E-state index in [0.717, 1.165) is 24.3 Å². The maximum Gasteiger partial charge on any atom is 0.211 e. The van der Waals surface area contributed by atoms with Gasteiger partial charge in [-0.3, -0.25) is 4.40 Å². The highest BCUT2D eigenvalue weighted by Gasteiger charge is 2.29. The Balaban J connectivity index is 1.94. The molecule has 1 fully saturated rings. The fourth-order valence-electron chi connectivity index (χ4n) is 2.59. The summed E-state index contributed by atoms with van der Waals surface area (Å²) in [4.78, 5) is 0. The van der Waals surface area contributed by atoms with Crippen molar-refractivity contribution < 1.29 is 8.42 Å². The van der Waals surface area contributed by atoms with Gasteiger partial charge in [0, 0.05) is 25.2 Å². The Labute approximate surface area is 112 Å². The molecule has 0 aromatic carbocycles. The topological polar surface area (TPSA) is 67.6 Å². The summed E-state index contributed by atoms with van der Waals surface area (Å²) < 4.78 is 26.8. The van der Waals surface area contributed by atoms with Crippen LogP contribution in [0.15, 0.2) is 24.4 Å². The molecule has 19 heavy (non-hydrogen) atoms. The predicted molar refractivity (Wildman–Crippen MR) is 71.4 cm³/mol. The monoisotopic (exact) mass is 280 g/mol. The lowest BCUT2D eigenvalue weighted by Crippen LogP contribution is -2.38. The molecule has 1 unspecified atom stereocenters. The van der Waals surface area contributed by atoms with Gasteiger partial charge < -0.3 is 0 Å². The van der Waals surface area contributed by atoms with Crippen molar-refractivity contribution in [2.45, 2.75) is 18.8 Å². The first kappa shape index (κ1) is 12.6. The molecule has 2 aromatic rings. The van der Waals surface area contributed by atoms with Crippen molar-refractivity contribution in [2.24, 2.45) is 0 Å². The number of rotatable bonds is 2. The van der Waals surface area contributed by atoms with Gasteiger partial charge in [0.15, 0.2) is 5.65 Å². The van der Waals surface area contributed by atoms with Gasteiger partial charge >= 0.3 is 0 Å². The molecule has 3 heterocycles. The summed E-state index contributed by atoms with van der Waals surface area (Å²) in [5.41, 5.74) is 0.800. The second-order valence-corrected chi connectivity index (χ2v) is 6.93. The summed E-state index contributed by atoms with van der Waals surface area (Å²) in [6.45, 7) is 1.10. The molecule has 0 N–H and O–H groups in total. The van der Waals surface area contributed by atoms with Crippen molar-refractivity contribution >= 4 is 15.7 Å². The third-order valence-corrected chi connectivity index (χ3v) is 4.83. The minimum absolute atomic E-state index is 0.112. The van der Waals surface area contributed by atoms with Gasteiger partial charge in [-0.25, -0.2) is 12.7 Å². The minimum atomic E-state index is -3.13. The molecule has 1 aliphatic rings. The van der Waals surface area contributed by atoms with Gasteiger partial charge in [-0.05, 0) is 25.0 Å². The summed E-state index contributed by atoms with van der Waals surface area (Å²) in [6, 6.07) is 5.74. The molecule has 3 rings (SSSR count). The van der Waals surface area contributed by atoms with Gasteiger partial charge in [-0.2, -0.15) is 0 Å². The molecule has 0 saturated carbocycles. The van der Waals surface area contributed by atoms with Crippen LogP contribution in [0.4, 0.5) is 0 Å². The van der Waals surface area contributed by atoms with Gasteiger partial charge in [-0.1, -0.05) is 6.07 Å². The molecule has 102 valence electrons. The first-order valence-electron chi connectivity index (χ1n) is 6.30. The second kappa shape index (κ2) is 4.57. The van der Waals surface area contributed by atoms with Crippen LogP contribution in [0.25, 0.3) is 5.65 Å². The zero-order chi connectivity index (χ0) is 13.5. The zero-order valence-corrected chi connectivity index (χ0v) is 11.5. The molecule has 7 heteroatoms. The Bertz CT molecular complexity index is 695. The molecule has 0 aliphatic carbocycles. The van der Waals surface area contributed by atoms with E-state index in [0.29, 0.717) is 13.1 Å². The molecule has 0 amide bonds. The number of sulfonamides is 1. The lowest BCUT2D eigenvalue weighted by atomic mass is 9.99. The van der Waals surface area contributed by atoms with E-state index >= 15 is 0 Å². The fraction of sp³-hybridized carbons (Fsp3) is 0.500. The van der Waals surface area contributed by atoms with Crippen molar-refractivity contribution in [1.82, 2.24) is 18.9 Å². The first-order chi connectivity index (χ1) is 9.05. The highest BCUT2D eigenvalue weighted by molar-refractivity contribution is 7.88. The lowest BCUT2D eigenvalue weighted by Gasteiger charge is -2.29. The van der Waals surface area contributed by atoms with Gasteiger partial charge in [0.2, 0.25) is 10.0 Å². The third-order valence-electron chi connectivity index (χ3n) is 3.56. The standard InChI is InChI=1S/C12H16N4O2S/c1-19(17,18)15-7-4-5-10(9-15)12-14-13-11-6-2-3-8-16(11)12/h2-3,6,8,10H,4-5,7,9H2,1H3. The Morgan fingerprint density at radius 3 is 2.95 bits per heavy atom. The number of aromatic nitrogens is 3. The van der Waals surface area contributed by atoms with Gasteiger partial charge in [0.25, 0.3) is 0 Å². The van der Waals surface area contributed by atoms with Crippen LogP contribution in [0.3, 0.4) is 0 Å². The minimum Gasteiger partial charge on any atom is -0.286 e. The Morgan fingerprint density at radius 2 is 2.16 bits per heavy atom. The van der Waals surface area contributed by atoms with E-state index in [1.807, 2.05) is 28.8 Å². The normalized spacial score (nSPS) is 21.8. The first-order valence-corrected chi connectivity index (χ1v) is 8.15. The molecule has 1 aliphatic heterocycles. The molecular formula is C12H16N4O2S. The molecular weight excluding hydrogens is 264 g/mol. The lowest BCUT2D eigenvalue weighted by molar-refractivity contribution is 0.310. The Kier molecular flexibility index (Phi) is 3.02. The average molecular weight is 280 g/mol. The molecule has 1 saturated heterocycles. The number of pyridine rings is 1. The summed E-state index contributed by atoms with van der Waals surface area (Å²) in [6.07, 6.45) is 4.99. The molecule has 2 aromatic heterocycles. The fourth-order valence-corrected chi connectivity index (χ4v) is 3.50. The highest BCUT2D eigenvalue weighted by Crippen LogP contribution is 2.27. The van der Waals surface area contributed by atoms with E-state index in [9.17, 15) is 8.42 Å². The summed E-state index contributed by atoms with van der Waals surface area (Å²) in [7, 11) is -3.13. The molecule has 1 atom stereocenters. The van der Waals surface area contributed by atoms with Gasteiger partial charge in [0.1, 0.15) is 5.82 Å². The SMILES string of the molecule is CS(=O)(=O)N1CCCC(c2nnc3ccccn23)C1. The smallest absolute Gasteiger partial charge is 0.211 e. The van der Waals surface area contributed by atoms with Crippen molar-refractivity contribution in [2.75, 3.05) is 19.3 Å². The van der Waals surface area contributed by atoms with E-state index in [4.69, 9.17) is 0 Å². The van der Waals surface area contributed by atoms with Crippen LogP contribution in [0.2, 0.25) is 0 Å². The van der Waals surface area contributed by atoms with Crippen molar-refractivity contribution in [1.29, 1.82) is 0 Å². The summed E-state index contributed by atoms with van der Waals surface area (Å²) in [5, 5.41) is 8.35. The third kappa shape index (κ3) is 2.35. The number of fused-ring (bicyclic) bond motifs is 1. The maximum absolute atomic E-state index is 11.6. The van der Waals surface area contributed by atoms with E-state index in [1.54, 1.807) is 0 Å². The number of nitrogens with zero attached hydrogens (tertiary/aromatic N) is 4. The van der Waals surface area contributed by atoms with Crippen LogP contribution >= 0.6 is 0 Å². The number of piperidine rings is 1. The zero-order valence-electron chi connectivity index (χ0n) is 10.7. The maximum atomic E-state index is 11.6. The summed E-state index contributed by atoms with van der Waals surface area (Å²) in [5.74, 6) is 0.963. The number of hydrogen-bond donors (Lipinski definition) is 0. The van der Waals surface area contributed by atoms with Crippen molar-refractivity contribution in [3.63, 3.8) is 0 Å². The van der Waals surface area contributed by atoms with Gasteiger partial charge in [-0.15, -0.1) is 10.2 Å². The molecule has 0 bridgehead atoms. The predicted octanol–water partition coefficient (Wildman–Crippen LogP) is 0.868. The molecule has 0 radical (unpaired) electrons. The van der Waals surface area contributed by atoms with Crippen molar-refractivity contribution in [3.05, 3.63) is 30.2 Å². The summed E-state index contributed by atoms with van der Waals surface area (Å²) >= 11 is 0. The van der Waals surface area contributed by atoms with Crippen molar-refractivity contribution in [3.8, 4) is 0 Å². The van der Waals surface area contributed by atoms with Crippen LogP contribution in [0.5, 0.6) is 0 Å². The van der Waals surface area contributed by atoms with E-state index in [-0.39, 0.29) is 5.92 Å². The Hall–Kier alpha value is -1.47. The average Bonchev–Trinajstić information content (AvgIpc) is 2.82. The molecule has 0 spiro atoms. The van der Waals surface area contributed by atoms with E-state index in [2.05, 4.69) is 10.2 Å². The highest BCUT2D eigenvalue weighted by atomic mass is 32.2. The van der Waals surface area contributed by atoms with Gasteiger partial charge in [0.05, 0.1) is 6.26 Å². The van der Waals surface area contributed by atoms with Crippen LogP contribution < -0.4 is 0 Å². The van der Waals surface area contributed by atoms with E-state index in [1.165, 1.54) is 10.6 Å².